The number of sulfone groups is 1. The molecule has 1 heterocycles. The van der Waals surface area contributed by atoms with Crippen LogP contribution in [0.1, 0.15) is 44.4 Å². The molecule has 112 valence electrons. The molecule has 1 aliphatic rings. The molecule has 0 radical (unpaired) electrons. The lowest BCUT2D eigenvalue weighted by molar-refractivity contribution is 0.485. The molecule has 0 aliphatic carbocycles. The van der Waals surface area contributed by atoms with Crippen LogP contribution in [0.4, 0.5) is 0 Å². The third-order valence-corrected chi connectivity index (χ3v) is 5.61. The van der Waals surface area contributed by atoms with Gasteiger partial charge in [-0.25, -0.2) is 8.42 Å². The monoisotopic (exact) mass is 295 g/mol. The molecule has 0 saturated carbocycles. The molecule has 0 amide bonds. The lowest BCUT2D eigenvalue weighted by Crippen LogP contribution is -2.32. The Morgan fingerprint density at radius 1 is 1.20 bits per heavy atom. The van der Waals surface area contributed by atoms with Crippen LogP contribution in [0.2, 0.25) is 0 Å². The van der Waals surface area contributed by atoms with Gasteiger partial charge in [0.15, 0.2) is 9.84 Å². The van der Waals surface area contributed by atoms with E-state index in [-0.39, 0.29) is 17.8 Å². The Balaban J connectivity index is 1.94. The highest BCUT2D eigenvalue weighted by molar-refractivity contribution is 7.91. The van der Waals surface area contributed by atoms with E-state index in [1.54, 1.807) is 0 Å². The Morgan fingerprint density at radius 3 is 2.35 bits per heavy atom. The lowest BCUT2D eigenvalue weighted by atomic mass is 9.99. The summed E-state index contributed by atoms with van der Waals surface area (Å²) < 4.78 is 22.9. The predicted octanol–water partition coefficient (Wildman–Crippen LogP) is 2.72. The average Bonchev–Trinajstić information content (AvgIpc) is 2.68. The second kappa shape index (κ2) is 6.27. The van der Waals surface area contributed by atoms with E-state index in [1.165, 1.54) is 11.1 Å². The minimum Gasteiger partial charge on any atom is -0.306 e. The average molecular weight is 295 g/mol. The van der Waals surface area contributed by atoms with E-state index in [4.69, 9.17) is 0 Å². The smallest absolute Gasteiger partial charge is 0.151 e. The van der Waals surface area contributed by atoms with Crippen molar-refractivity contribution in [1.29, 1.82) is 0 Å². The van der Waals surface area contributed by atoms with Crippen LogP contribution in [-0.2, 0) is 16.3 Å². The Labute approximate surface area is 122 Å². The fraction of sp³-hybridized carbons (Fsp3) is 0.625. The highest BCUT2D eigenvalue weighted by Gasteiger charge is 2.28. The summed E-state index contributed by atoms with van der Waals surface area (Å²) in [4.78, 5) is 0. The zero-order valence-electron chi connectivity index (χ0n) is 12.6. The lowest BCUT2D eigenvalue weighted by Gasteiger charge is -2.19. The second-order valence-electron chi connectivity index (χ2n) is 6.33. The molecule has 0 spiro atoms. The Kier molecular flexibility index (Phi) is 4.86. The first-order valence-corrected chi connectivity index (χ1v) is 9.23. The van der Waals surface area contributed by atoms with E-state index in [0.717, 1.165) is 12.8 Å². The summed E-state index contributed by atoms with van der Waals surface area (Å²) in [5, 5.41) is 3.43. The summed E-state index contributed by atoms with van der Waals surface area (Å²) in [7, 11) is -2.81. The number of hydrogen-bond donors (Lipinski definition) is 1. The fourth-order valence-corrected chi connectivity index (χ4v) is 4.48. The minimum absolute atomic E-state index is 0.102. The number of rotatable bonds is 5. The fourth-order valence-electron chi connectivity index (χ4n) is 2.79. The highest BCUT2D eigenvalue weighted by Crippen LogP contribution is 2.19. The van der Waals surface area contributed by atoms with Gasteiger partial charge in [0.1, 0.15) is 0 Å². The first-order valence-electron chi connectivity index (χ1n) is 7.41. The van der Waals surface area contributed by atoms with Crippen LogP contribution in [0.25, 0.3) is 0 Å². The van der Waals surface area contributed by atoms with E-state index in [2.05, 4.69) is 50.4 Å². The molecule has 20 heavy (non-hydrogen) atoms. The van der Waals surface area contributed by atoms with Crippen molar-refractivity contribution < 1.29 is 8.42 Å². The molecule has 1 aromatic rings. The molecule has 0 aromatic heterocycles. The quantitative estimate of drug-likeness (QED) is 0.908. The third-order valence-electron chi connectivity index (χ3n) is 3.84. The number of nitrogens with one attached hydrogen (secondary N) is 1. The minimum atomic E-state index is -2.81. The van der Waals surface area contributed by atoms with E-state index in [9.17, 15) is 8.42 Å². The van der Waals surface area contributed by atoms with Crippen molar-refractivity contribution in [2.45, 2.75) is 45.7 Å². The topological polar surface area (TPSA) is 46.2 Å². The molecule has 3 nitrogen and oxygen atoms in total. The predicted molar refractivity (Wildman–Crippen MR) is 83.6 cm³/mol. The number of benzene rings is 1. The zero-order valence-corrected chi connectivity index (χ0v) is 13.4. The second-order valence-corrected chi connectivity index (χ2v) is 8.56. The van der Waals surface area contributed by atoms with Crippen molar-refractivity contribution in [3.8, 4) is 0 Å². The summed E-state index contributed by atoms with van der Waals surface area (Å²) in [6.07, 6.45) is 1.83. The third kappa shape index (κ3) is 4.32. The van der Waals surface area contributed by atoms with Crippen LogP contribution in [0.3, 0.4) is 0 Å². The molecule has 1 fully saturated rings. The van der Waals surface area contributed by atoms with Crippen molar-refractivity contribution in [3.63, 3.8) is 0 Å². The van der Waals surface area contributed by atoms with E-state index >= 15 is 0 Å². The molecule has 4 heteroatoms. The maximum Gasteiger partial charge on any atom is 0.151 e. The largest absolute Gasteiger partial charge is 0.306 e. The highest BCUT2D eigenvalue weighted by atomic mass is 32.2. The molecule has 1 saturated heterocycles. The van der Waals surface area contributed by atoms with Gasteiger partial charge in [-0.3, -0.25) is 0 Å². The Morgan fingerprint density at radius 2 is 1.85 bits per heavy atom. The van der Waals surface area contributed by atoms with Gasteiger partial charge in [-0.05, 0) is 36.8 Å². The summed E-state index contributed by atoms with van der Waals surface area (Å²) in [5.41, 5.74) is 2.58. The first kappa shape index (κ1) is 15.5. The molecule has 0 bridgehead atoms. The van der Waals surface area contributed by atoms with Gasteiger partial charge >= 0.3 is 0 Å². The maximum absolute atomic E-state index is 11.5. The van der Waals surface area contributed by atoms with Gasteiger partial charge in [0.05, 0.1) is 11.5 Å². The van der Waals surface area contributed by atoms with Gasteiger partial charge < -0.3 is 5.32 Å². The normalized spacial score (nSPS) is 23.1. The molecule has 1 aromatic carbocycles. The molecule has 1 N–H and O–H groups in total. The zero-order chi connectivity index (χ0) is 14.8. The summed E-state index contributed by atoms with van der Waals surface area (Å²) >= 11 is 0. The van der Waals surface area contributed by atoms with Crippen LogP contribution in [0, 0.1) is 5.92 Å². The summed E-state index contributed by atoms with van der Waals surface area (Å²) in [6.45, 7) is 6.54. The molecule has 1 aliphatic heterocycles. The molecule has 2 rings (SSSR count). The summed E-state index contributed by atoms with van der Waals surface area (Å²) in [6, 6.07) is 8.96. The van der Waals surface area contributed by atoms with E-state index < -0.39 is 9.84 Å². The van der Waals surface area contributed by atoms with Gasteiger partial charge in [0, 0.05) is 12.1 Å². The van der Waals surface area contributed by atoms with Crippen LogP contribution >= 0.6 is 0 Å². The van der Waals surface area contributed by atoms with Crippen molar-refractivity contribution in [1.82, 2.24) is 5.32 Å². The van der Waals surface area contributed by atoms with Crippen LogP contribution in [-0.4, -0.2) is 26.0 Å². The van der Waals surface area contributed by atoms with Gasteiger partial charge in [-0.1, -0.05) is 38.1 Å². The summed E-state index contributed by atoms with van der Waals surface area (Å²) in [5.74, 6) is 1.27. The maximum atomic E-state index is 11.5. The Bertz CT molecular complexity index is 534. The van der Waals surface area contributed by atoms with Crippen LogP contribution in [0.15, 0.2) is 24.3 Å². The van der Waals surface area contributed by atoms with Crippen molar-refractivity contribution in [2.75, 3.05) is 11.5 Å². The van der Waals surface area contributed by atoms with Crippen LogP contribution in [0.5, 0.6) is 0 Å². The standard InChI is InChI=1S/C16H25NO2S/c1-12(2)10-14-4-6-15(7-5-14)13(3)17-16-8-9-20(18,19)11-16/h4-7,12-13,16-17H,8-11H2,1-3H3. The van der Waals surface area contributed by atoms with Gasteiger partial charge in [0.25, 0.3) is 0 Å². The van der Waals surface area contributed by atoms with Gasteiger partial charge in [0.2, 0.25) is 0 Å². The van der Waals surface area contributed by atoms with Crippen molar-refractivity contribution in [3.05, 3.63) is 35.4 Å². The van der Waals surface area contributed by atoms with E-state index in [0.29, 0.717) is 11.7 Å². The van der Waals surface area contributed by atoms with Gasteiger partial charge in [-0.15, -0.1) is 0 Å². The van der Waals surface area contributed by atoms with Crippen molar-refractivity contribution in [2.24, 2.45) is 5.92 Å². The molecule has 2 atom stereocenters. The molecular formula is C16H25NO2S. The van der Waals surface area contributed by atoms with E-state index in [1.807, 2.05) is 0 Å². The first-order chi connectivity index (χ1) is 9.35. The molecular weight excluding hydrogens is 270 g/mol. The van der Waals surface area contributed by atoms with Gasteiger partial charge in [-0.2, -0.15) is 0 Å². The molecule has 2 unspecified atom stereocenters. The Hall–Kier alpha value is -0.870. The van der Waals surface area contributed by atoms with Crippen LogP contribution < -0.4 is 5.32 Å². The van der Waals surface area contributed by atoms with Crippen molar-refractivity contribution >= 4 is 9.84 Å². The SMILES string of the molecule is CC(C)Cc1ccc(C(C)NC2CCS(=O)(=O)C2)cc1. The number of hydrogen-bond acceptors (Lipinski definition) is 3.